The minimum absolute atomic E-state index is 0.439. The summed E-state index contributed by atoms with van der Waals surface area (Å²) in [5.41, 5.74) is 0. The molecule has 4 nitrogen and oxygen atoms in total. The van der Waals surface area contributed by atoms with E-state index in [1.807, 2.05) is 0 Å². The van der Waals surface area contributed by atoms with Gasteiger partial charge in [-0.25, -0.2) is 9.59 Å². The van der Waals surface area contributed by atoms with E-state index >= 15 is 0 Å². The molecule has 0 radical (unpaired) electrons. The fraction of sp³-hybridized carbons (Fsp3) is 0.684. The van der Waals surface area contributed by atoms with Gasteiger partial charge in [-0.2, -0.15) is 0 Å². The SMILES string of the molecule is CCCCCCC#CC(=O)OC.CCCCCCC=CC(=O)O. The summed E-state index contributed by atoms with van der Waals surface area (Å²) in [6.07, 6.45) is 14.2. The van der Waals surface area contributed by atoms with Crippen molar-refractivity contribution < 1.29 is 19.4 Å². The number of carboxylic acids is 1. The van der Waals surface area contributed by atoms with Gasteiger partial charge in [-0.3, -0.25) is 0 Å². The van der Waals surface area contributed by atoms with Crippen LogP contribution in [-0.4, -0.2) is 24.2 Å². The van der Waals surface area contributed by atoms with Crippen LogP contribution < -0.4 is 0 Å². The summed E-state index contributed by atoms with van der Waals surface area (Å²) in [4.78, 5) is 20.5. The van der Waals surface area contributed by atoms with Gasteiger partial charge in [0.25, 0.3) is 0 Å². The zero-order valence-electron chi connectivity index (χ0n) is 14.9. The van der Waals surface area contributed by atoms with Gasteiger partial charge in [-0.15, -0.1) is 0 Å². The van der Waals surface area contributed by atoms with Gasteiger partial charge in [0.1, 0.15) is 0 Å². The molecule has 4 heteroatoms. The van der Waals surface area contributed by atoms with E-state index in [-0.39, 0.29) is 0 Å². The van der Waals surface area contributed by atoms with E-state index in [1.165, 1.54) is 51.7 Å². The smallest absolute Gasteiger partial charge is 0.384 e. The van der Waals surface area contributed by atoms with E-state index in [4.69, 9.17) is 5.11 Å². The van der Waals surface area contributed by atoms with Crippen molar-refractivity contribution in [2.24, 2.45) is 0 Å². The number of esters is 1. The van der Waals surface area contributed by atoms with Gasteiger partial charge in [-0.1, -0.05) is 64.4 Å². The number of aliphatic carboxylic acids is 1. The van der Waals surface area contributed by atoms with Crippen molar-refractivity contribution in [1.29, 1.82) is 0 Å². The molecule has 0 fully saturated rings. The first-order valence-electron chi connectivity index (χ1n) is 8.54. The van der Waals surface area contributed by atoms with E-state index in [1.54, 1.807) is 6.08 Å². The molecule has 0 spiro atoms. The first-order chi connectivity index (χ1) is 11.1. The number of carbonyl (C=O) groups excluding carboxylic acids is 1. The Balaban J connectivity index is 0. The Morgan fingerprint density at radius 1 is 1.00 bits per heavy atom. The van der Waals surface area contributed by atoms with Crippen molar-refractivity contribution in [3.8, 4) is 11.8 Å². The fourth-order valence-electron chi connectivity index (χ4n) is 1.70. The van der Waals surface area contributed by atoms with E-state index < -0.39 is 11.9 Å². The Morgan fingerprint density at radius 2 is 1.61 bits per heavy atom. The van der Waals surface area contributed by atoms with Gasteiger partial charge >= 0.3 is 11.9 Å². The Hall–Kier alpha value is -1.76. The van der Waals surface area contributed by atoms with Crippen molar-refractivity contribution in [2.45, 2.75) is 78.1 Å². The minimum Gasteiger partial charge on any atom is -0.478 e. The summed E-state index contributed by atoms with van der Waals surface area (Å²) >= 11 is 0. The molecule has 0 aliphatic rings. The summed E-state index contributed by atoms with van der Waals surface area (Å²) in [7, 11) is 1.34. The molecule has 0 atom stereocenters. The molecule has 0 aromatic carbocycles. The summed E-state index contributed by atoms with van der Waals surface area (Å²) in [6, 6.07) is 0. The van der Waals surface area contributed by atoms with E-state index in [2.05, 4.69) is 30.4 Å². The number of hydrogen-bond acceptors (Lipinski definition) is 3. The number of rotatable bonds is 10. The summed E-state index contributed by atoms with van der Waals surface area (Å²) in [5, 5.41) is 8.23. The Morgan fingerprint density at radius 3 is 2.13 bits per heavy atom. The first-order valence-corrected chi connectivity index (χ1v) is 8.54. The average molecular weight is 324 g/mol. The molecule has 0 saturated heterocycles. The highest BCUT2D eigenvalue weighted by Gasteiger charge is 1.88. The normalized spacial score (nSPS) is 9.52. The number of unbranched alkanes of at least 4 members (excludes halogenated alkanes) is 8. The van der Waals surface area contributed by atoms with Crippen molar-refractivity contribution >= 4 is 11.9 Å². The number of hydrogen-bond donors (Lipinski definition) is 1. The Bertz CT molecular complexity index is 375. The lowest BCUT2D eigenvalue weighted by Crippen LogP contribution is -1.94. The molecule has 0 aliphatic carbocycles. The molecule has 0 saturated carbocycles. The van der Waals surface area contributed by atoms with Crippen LogP contribution in [-0.2, 0) is 14.3 Å². The van der Waals surface area contributed by atoms with Crippen molar-refractivity contribution in [3.05, 3.63) is 12.2 Å². The average Bonchev–Trinajstić information content (AvgIpc) is 2.54. The molecule has 0 aliphatic heterocycles. The zero-order chi connectivity index (χ0) is 17.8. The third kappa shape index (κ3) is 25.5. The standard InChI is InChI=1S/C10H16O2.C9H16O2/c1-3-4-5-6-7-8-9-10(11)12-2;1-2-3-4-5-6-7-8-9(10)11/h3-7H2,1-2H3;7-8H,2-6H2,1H3,(H,10,11). The van der Waals surface area contributed by atoms with Crippen molar-refractivity contribution in [2.75, 3.05) is 7.11 Å². The van der Waals surface area contributed by atoms with Crippen LogP contribution in [0.1, 0.15) is 78.1 Å². The highest BCUT2D eigenvalue weighted by atomic mass is 16.5. The van der Waals surface area contributed by atoms with E-state index in [0.29, 0.717) is 0 Å². The molecule has 0 aromatic heterocycles. The molecule has 0 bridgehead atoms. The lowest BCUT2D eigenvalue weighted by Gasteiger charge is -1.92. The maximum absolute atomic E-state index is 10.5. The third-order valence-electron chi connectivity index (χ3n) is 3.02. The van der Waals surface area contributed by atoms with Crippen LogP contribution in [0, 0.1) is 11.8 Å². The van der Waals surface area contributed by atoms with Crippen LogP contribution >= 0.6 is 0 Å². The van der Waals surface area contributed by atoms with Gasteiger partial charge in [-0.05, 0) is 19.3 Å². The molecule has 0 amide bonds. The second-order valence-electron chi connectivity index (χ2n) is 5.19. The largest absolute Gasteiger partial charge is 0.478 e. The van der Waals surface area contributed by atoms with Crippen LogP contribution in [0.25, 0.3) is 0 Å². The molecule has 0 unspecified atom stereocenters. The van der Waals surface area contributed by atoms with Gasteiger partial charge in [0, 0.05) is 18.4 Å². The molecule has 0 aromatic rings. The molecule has 132 valence electrons. The van der Waals surface area contributed by atoms with Gasteiger partial charge in [0.15, 0.2) is 0 Å². The van der Waals surface area contributed by atoms with Crippen LogP contribution in [0.15, 0.2) is 12.2 Å². The zero-order valence-corrected chi connectivity index (χ0v) is 14.9. The quantitative estimate of drug-likeness (QED) is 0.207. The highest BCUT2D eigenvalue weighted by Crippen LogP contribution is 2.02. The van der Waals surface area contributed by atoms with Crippen LogP contribution in [0.3, 0.4) is 0 Å². The van der Waals surface area contributed by atoms with Gasteiger partial charge in [0.2, 0.25) is 0 Å². The number of ether oxygens (including phenoxy) is 1. The lowest BCUT2D eigenvalue weighted by molar-refractivity contribution is -0.134. The molecule has 1 N–H and O–H groups in total. The number of carboxylic acid groups (broad SMARTS) is 1. The van der Waals surface area contributed by atoms with E-state index in [0.717, 1.165) is 25.7 Å². The summed E-state index contributed by atoms with van der Waals surface area (Å²) < 4.78 is 4.37. The molecular weight excluding hydrogens is 292 g/mol. The van der Waals surface area contributed by atoms with E-state index in [9.17, 15) is 9.59 Å². The Labute approximate surface area is 141 Å². The monoisotopic (exact) mass is 324 g/mol. The van der Waals surface area contributed by atoms with Gasteiger partial charge in [0.05, 0.1) is 7.11 Å². The maximum atomic E-state index is 10.5. The van der Waals surface area contributed by atoms with Crippen LogP contribution in [0.2, 0.25) is 0 Å². The maximum Gasteiger partial charge on any atom is 0.384 e. The number of carbonyl (C=O) groups is 2. The third-order valence-corrected chi connectivity index (χ3v) is 3.02. The lowest BCUT2D eigenvalue weighted by atomic mass is 10.1. The highest BCUT2D eigenvalue weighted by molar-refractivity contribution is 5.88. The number of methoxy groups -OCH3 is 1. The number of allylic oxidation sites excluding steroid dienone is 1. The molecular formula is C19H32O4. The predicted molar refractivity (Wildman–Crippen MR) is 94.1 cm³/mol. The topological polar surface area (TPSA) is 63.6 Å². The van der Waals surface area contributed by atoms with Gasteiger partial charge < -0.3 is 9.84 Å². The molecule has 0 heterocycles. The molecule has 0 rings (SSSR count). The molecule has 23 heavy (non-hydrogen) atoms. The first kappa shape index (κ1) is 23.5. The summed E-state index contributed by atoms with van der Waals surface area (Å²) in [5.74, 6) is 3.88. The van der Waals surface area contributed by atoms with Crippen molar-refractivity contribution in [1.82, 2.24) is 0 Å². The van der Waals surface area contributed by atoms with Crippen molar-refractivity contribution in [3.63, 3.8) is 0 Å². The minimum atomic E-state index is -0.847. The van der Waals surface area contributed by atoms with Crippen LogP contribution in [0.4, 0.5) is 0 Å². The Kier molecular flexibility index (Phi) is 20.7. The predicted octanol–water partition coefficient (Wildman–Crippen LogP) is 4.73. The summed E-state index contributed by atoms with van der Waals surface area (Å²) in [6.45, 7) is 4.33. The second kappa shape index (κ2) is 20.2. The second-order valence-corrected chi connectivity index (χ2v) is 5.19. The fourth-order valence-corrected chi connectivity index (χ4v) is 1.70. The van der Waals surface area contributed by atoms with Crippen LogP contribution in [0.5, 0.6) is 0 Å².